The van der Waals surface area contributed by atoms with Crippen LogP contribution in [-0.4, -0.2) is 42.9 Å². The Morgan fingerprint density at radius 2 is 2.00 bits per heavy atom. The van der Waals surface area contributed by atoms with Crippen LogP contribution in [0.2, 0.25) is 5.02 Å². The Balaban J connectivity index is 1.75. The van der Waals surface area contributed by atoms with Crippen LogP contribution in [-0.2, 0) is 19.1 Å². The standard InChI is InChI=1S/C16H19ClN2O4/c1-19(15(21)10-23-16(22)11-5-4-6-11)9-14(20)18-13-8-3-2-7-12(13)17/h2-3,7-8,11H,4-6,9-10H2,1H3,(H,18,20). The normalized spacial score (nSPS) is 13.8. The van der Waals surface area contributed by atoms with Crippen LogP contribution in [0.25, 0.3) is 0 Å². The molecule has 0 unspecified atom stereocenters. The molecule has 1 aromatic rings. The van der Waals surface area contributed by atoms with E-state index in [-0.39, 0.29) is 30.9 Å². The van der Waals surface area contributed by atoms with E-state index in [9.17, 15) is 14.4 Å². The second-order valence-corrected chi connectivity index (χ2v) is 5.92. The van der Waals surface area contributed by atoms with Crippen LogP contribution in [0, 0.1) is 5.92 Å². The van der Waals surface area contributed by atoms with Gasteiger partial charge < -0.3 is 15.0 Å². The van der Waals surface area contributed by atoms with E-state index in [0.717, 1.165) is 19.3 Å². The van der Waals surface area contributed by atoms with Crippen LogP contribution in [0.1, 0.15) is 19.3 Å². The highest BCUT2D eigenvalue weighted by Crippen LogP contribution is 2.27. The summed E-state index contributed by atoms with van der Waals surface area (Å²) in [6.45, 7) is -0.490. The molecule has 0 bridgehead atoms. The number of nitrogens with one attached hydrogen (secondary N) is 1. The maximum atomic E-state index is 11.9. The van der Waals surface area contributed by atoms with Crippen molar-refractivity contribution in [3.8, 4) is 0 Å². The van der Waals surface area contributed by atoms with Crippen LogP contribution < -0.4 is 5.32 Å². The van der Waals surface area contributed by atoms with Crippen molar-refractivity contribution in [3.63, 3.8) is 0 Å². The van der Waals surface area contributed by atoms with Crippen molar-refractivity contribution in [2.45, 2.75) is 19.3 Å². The van der Waals surface area contributed by atoms with Gasteiger partial charge in [0.25, 0.3) is 5.91 Å². The summed E-state index contributed by atoms with van der Waals surface area (Å²) in [5.41, 5.74) is 0.483. The van der Waals surface area contributed by atoms with E-state index < -0.39 is 5.91 Å². The number of halogens is 1. The van der Waals surface area contributed by atoms with Gasteiger partial charge in [-0.25, -0.2) is 0 Å². The zero-order valence-corrected chi connectivity index (χ0v) is 13.6. The molecule has 1 aliphatic carbocycles. The number of para-hydroxylation sites is 1. The summed E-state index contributed by atoms with van der Waals surface area (Å²) in [7, 11) is 1.48. The number of rotatable bonds is 6. The quantitative estimate of drug-likeness (QED) is 0.806. The molecule has 124 valence electrons. The smallest absolute Gasteiger partial charge is 0.309 e. The van der Waals surface area contributed by atoms with Crippen molar-refractivity contribution in [2.24, 2.45) is 5.92 Å². The van der Waals surface area contributed by atoms with Crippen LogP contribution >= 0.6 is 11.6 Å². The minimum absolute atomic E-state index is 0.0726. The molecular formula is C16H19ClN2O4. The van der Waals surface area contributed by atoms with E-state index in [1.165, 1.54) is 11.9 Å². The summed E-state index contributed by atoms with van der Waals surface area (Å²) in [5, 5.41) is 3.05. The van der Waals surface area contributed by atoms with Gasteiger partial charge in [-0.3, -0.25) is 14.4 Å². The lowest BCUT2D eigenvalue weighted by Crippen LogP contribution is -2.38. The molecule has 0 heterocycles. The molecule has 1 fully saturated rings. The van der Waals surface area contributed by atoms with Gasteiger partial charge in [-0.15, -0.1) is 0 Å². The van der Waals surface area contributed by atoms with Crippen LogP contribution in [0.3, 0.4) is 0 Å². The minimum atomic E-state index is -0.424. The number of nitrogens with zero attached hydrogens (tertiary/aromatic N) is 1. The largest absolute Gasteiger partial charge is 0.455 e. The zero-order valence-electron chi connectivity index (χ0n) is 12.9. The molecule has 1 aliphatic rings. The monoisotopic (exact) mass is 338 g/mol. The molecule has 1 saturated carbocycles. The Kier molecular flexibility index (Phi) is 5.98. The Labute approximate surface area is 139 Å². The van der Waals surface area contributed by atoms with Crippen LogP contribution in [0.5, 0.6) is 0 Å². The number of benzene rings is 1. The zero-order chi connectivity index (χ0) is 16.8. The van der Waals surface area contributed by atoms with Crippen molar-refractivity contribution in [3.05, 3.63) is 29.3 Å². The van der Waals surface area contributed by atoms with E-state index in [1.54, 1.807) is 24.3 Å². The first kappa shape index (κ1) is 17.3. The van der Waals surface area contributed by atoms with Gasteiger partial charge >= 0.3 is 5.97 Å². The van der Waals surface area contributed by atoms with Gasteiger partial charge in [-0.1, -0.05) is 30.2 Å². The maximum Gasteiger partial charge on any atom is 0.309 e. The number of carbonyl (C=O) groups is 3. The fourth-order valence-corrected chi connectivity index (χ4v) is 2.24. The van der Waals surface area contributed by atoms with E-state index in [0.29, 0.717) is 10.7 Å². The Morgan fingerprint density at radius 3 is 2.61 bits per heavy atom. The molecule has 23 heavy (non-hydrogen) atoms. The number of ether oxygens (including phenoxy) is 1. The van der Waals surface area contributed by atoms with Crippen molar-refractivity contribution >= 4 is 35.1 Å². The summed E-state index contributed by atoms with van der Waals surface area (Å²) in [4.78, 5) is 36.6. The average Bonchev–Trinajstić information content (AvgIpc) is 2.45. The number of hydrogen-bond donors (Lipinski definition) is 1. The first-order valence-corrected chi connectivity index (χ1v) is 7.80. The van der Waals surface area contributed by atoms with Gasteiger partial charge in [-0.2, -0.15) is 0 Å². The van der Waals surface area contributed by atoms with Gasteiger partial charge in [0, 0.05) is 7.05 Å². The molecule has 1 N–H and O–H groups in total. The topological polar surface area (TPSA) is 75.7 Å². The van der Waals surface area contributed by atoms with E-state index >= 15 is 0 Å². The first-order valence-electron chi connectivity index (χ1n) is 7.42. The molecule has 2 amide bonds. The molecule has 0 atom stereocenters. The highest BCUT2D eigenvalue weighted by Gasteiger charge is 2.27. The molecule has 2 rings (SSSR count). The molecule has 0 aromatic heterocycles. The molecule has 0 radical (unpaired) electrons. The Hall–Kier alpha value is -2.08. The number of likely N-dealkylation sites (N-methyl/N-ethyl adjacent to an activating group) is 1. The second kappa shape index (κ2) is 7.97. The first-order chi connectivity index (χ1) is 11.0. The molecule has 0 spiro atoms. The molecule has 1 aromatic carbocycles. The number of anilines is 1. The van der Waals surface area contributed by atoms with Gasteiger partial charge in [0.1, 0.15) is 0 Å². The van der Waals surface area contributed by atoms with Gasteiger partial charge in [0.05, 0.1) is 23.2 Å². The summed E-state index contributed by atoms with van der Waals surface area (Å²) in [6.07, 6.45) is 2.67. The molecule has 0 aliphatic heterocycles. The molecule has 6 nitrogen and oxygen atoms in total. The predicted octanol–water partition coefficient (Wildman–Crippen LogP) is 2.08. The highest BCUT2D eigenvalue weighted by molar-refractivity contribution is 6.33. The fourth-order valence-electron chi connectivity index (χ4n) is 2.06. The third-order valence-corrected chi connectivity index (χ3v) is 4.06. The average molecular weight is 339 g/mol. The lowest BCUT2D eigenvalue weighted by molar-refractivity contribution is -0.157. The molecular weight excluding hydrogens is 320 g/mol. The molecule has 0 saturated heterocycles. The van der Waals surface area contributed by atoms with E-state index in [4.69, 9.17) is 16.3 Å². The number of carbonyl (C=O) groups excluding carboxylic acids is 3. The van der Waals surface area contributed by atoms with Crippen molar-refractivity contribution < 1.29 is 19.1 Å². The second-order valence-electron chi connectivity index (χ2n) is 5.51. The third-order valence-electron chi connectivity index (χ3n) is 3.73. The van der Waals surface area contributed by atoms with Gasteiger partial charge in [0.15, 0.2) is 6.61 Å². The minimum Gasteiger partial charge on any atom is -0.455 e. The van der Waals surface area contributed by atoms with Gasteiger partial charge in [-0.05, 0) is 25.0 Å². The van der Waals surface area contributed by atoms with Crippen LogP contribution in [0.4, 0.5) is 5.69 Å². The summed E-state index contributed by atoms with van der Waals surface area (Å²) < 4.78 is 4.96. The number of amides is 2. The summed E-state index contributed by atoms with van der Waals surface area (Å²) in [5.74, 6) is -1.21. The van der Waals surface area contributed by atoms with E-state index in [2.05, 4.69) is 5.32 Å². The predicted molar refractivity (Wildman–Crippen MR) is 86.0 cm³/mol. The Bertz CT molecular complexity index is 601. The number of esters is 1. The van der Waals surface area contributed by atoms with Crippen molar-refractivity contribution in [2.75, 3.05) is 25.5 Å². The van der Waals surface area contributed by atoms with Gasteiger partial charge in [0.2, 0.25) is 5.91 Å². The van der Waals surface area contributed by atoms with Crippen molar-refractivity contribution in [1.29, 1.82) is 0 Å². The maximum absolute atomic E-state index is 11.9. The number of hydrogen-bond acceptors (Lipinski definition) is 4. The van der Waals surface area contributed by atoms with Crippen molar-refractivity contribution in [1.82, 2.24) is 4.90 Å². The van der Waals surface area contributed by atoms with Crippen LogP contribution in [0.15, 0.2) is 24.3 Å². The Morgan fingerprint density at radius 1 is 1.30 bits per heavy atom. The van der Waals surface area contributed by atoms with E-state index in [1.807, 2.05) is 0 Å². The highest BCUT2D eigenvalue weighted by atomic mass is 35.5. The third kappa shape index (κ3) is 4.96. The lowest BCUT2D eigenvalue weighted by Gasteiger charge is -2.23. The fraction of sp³-hybridized carbons (Fsp3) is 0.438. The SMILES string of the molecule is CN(CC(=O)Nc1ccccc1Cl)C(=O)COC(=O)C1CCC1. The lowest BCUT2D eigenvalue weighted by atomic mass is 9.86. The molecule has 7 heteroatoms. The summed E-state index contributed by atoms with van der Waals surface area (Å²) >= 11 is 5.95. The summed E-state index contributed by atoms with van der Waals surface area (Å²) in [6, 6.07) is 6.83.